The fourth-order valence-corrected chi connectivity index (χ4v) is 1.00. The summed E-state index contributed by atoms with van der Waals surface area (Å²) in [5.74, 6) is 0.264. The number of carbonyl (C=O) groups excluding carboxylic acids is 2. The summed E-state index contributed by atoms with van der Waals surface area (Å²) in [5, 5.41) is 8.75. The maximum absolute atomic E-state index is 12.0. The van der Waals surface area contributed by atoms with Crippen LogP contribution >= 0.6 is 0 Å². The molecule has 0 spiro atoms. The molecule has 0 saturated carbocycles. The Kier molecular flexibility index (Phi) is 3.89. The van der Waals surface area contributed by atoms with E-state index < -0.39 is 23.0 Å². The Morgan fingerprint density at radius 3 is 2.11 bits per heavy atom. The molecule has 0 fully saturated rings. The van der Waals surface area contributed by atoms with Gasteiger partial charge in [-0.05, 0) is 12.1 Å². The number of hydrogen-bond donors (Lipinski definition) is 2. The van der Waals surface area contributed by atoms with Gasteiger partial charge in [0.2, 0.25) is 0 Å². The van der Waals surface area contributed by atoms with Gasteiger partial charge in [0.1, 0.15) is 0 Å². The molecule has 0 aliphatic rings. The molecule has 0 aliphatic heterocycles. The minimum absolute atomic E-state index is 0.0170. The number of Topliss-reactive ketones (excluding diaryl/α,β-unsaturated/α-hetero) is 1. The molecule has 3 N–H and O–H groups in total. The van der Waals surface area contributed by atoms with Gasteiger partial charge in [-0.2, -0.15) is 18.3 Å². The number of hydrogen-bond acceptors (Lipinski definition) is 5. The highest BCUT2D eigenvalue weighted by Gasteiger charge is 2.46. The monoisotopic (exact) mass is 263 g/mol. The van der Waals surface area contributed by atoms with Crippen molar-refractivity contribution >= 4 is 17.4 Å². The first-order chi connectivity index (χ1) is 8.25. The molecule has 0 atom stereocenters. The SMILES string of the molecule is NN(c1ccccc1)N(O)C(=O)C(=O)C(F)(F)F. The van der Waals surface area contributed by atoms with Crippen LogP contribution in [0, 0.1) is 0 Å². The summed E-state index contributed by atoms with van der Waals surface area (Å²) in [5.41, 5.74) is 0.0170. The van der Waals surface area contributed by atoms with Gasteiger partial charge in [0, 0.05) is 0 Å². The number of nitrogens with two attached hydrogens (primary N) is 1. The summed E-state index contributed by atoms with van der Waals surface area (Å²) in [6, 6.07) is 7.16. The standard InChI is InChI=1S/C9H8F3N3O3/c10-9(11,12)7(16)8(17)15(18)14(13)6-4-2-1-3-5-6/h1-5,18H,13H2. The van der Waals surface area contributed by atoms with E-state index in [4.69, 9.17) is 11.0 Å². The second kappa shape index (κ2) is 5.02. The third-order valence-electron chi connectivity index (χ3n) is 1.86. The van der Waals surface area contributed by atoms with Crippen molar-refractivity contribution < 1.29 is 28.0 Å². The molecule has 1 rings (SSSR count). The number of hydroxylamine groups is 1. The summed E-state index contributed by atoms with van der Waals surface area (Å²) in [6.07, 6.45) is -5.38. The zero-order valence-electron chi connectivity index (χ0n) is 8.76. The Bertz CT molecular complexity index is 449. The van der Waals surface area contributed by atoms with Gasteiger partial charge in [0.15, 0.2) is 0 Å². The highest BCUT2D eigenvalue weighted by Crippen LogP contribution is 2.18. The number of nitrogens with zero attached hydrogens (tertiary/aromatic N) is 2. The van der Waals surface area contributed by atoms with Crippen LogP contribution in [0.5, 0.6) is 0 Å². The molecule has 1 aromatic carbocycles. The van der Waals surface area contributed by atoms with Crippen molar-refractivity contribution in [2.75, 3.05) is 5.12 Å². The van der Waals surface area contributed by atoms with E-state index in [-0.39, 0.29) is 10.8 Å². The molecule has 0 bridgehead atoms. The minimum atomic E-state index is -5.38. The highest BCUT2D eigenvalue weighted by atomic mass is 19.4. The normalized spacial score (nSPS) is 10.9. The lowest BCUT2D eigenvalue weighted by Gasteiger charge is -2.25. The van der Waals surface area contributed by atoms with Crippen LogP contribution in [-0.4, -0.2) is 28.2 Å². The zero-order chi connectivity index (χ0) is 13.9. The van der Waals surface area contributed by atoms with E-state index in [2.05, 4.69) is 0 Å². The third-order valence-corrected chi connectivity index (χ3v) is 1.86. The first-order valence-electron chi connectivity index (χ1n) is 4.49. The second-order valence-electron chi connectivity index (χ2n) is 3.10. The predicted molar refractivity (Wildman–Crippen MR) is 52.8 cm³/mol. The Morgan fingerprint density at radius 1 is 1.17 bits per heavy atom. The summed E-state index contributed by atoms with van der Waals surface area (Å²) in [4.78, 5) is 21.6. The number of para-hydroxylation sites is 1. The van der Waals surface area contributed by atoms with Crippen LogP contribution in [0.25, 0.3) is 0 Å². The number of ketones is 1. The number of halogens is 3. The van der Waals surface area contributed by atoms with Gasteiger partial charge in [-0.15, -0.1) is 5.17 Å². The van der Waals surface area contributed by atoms with Crippen LogP contribution in [-0.2, 0) is 9.59 Å². The zero-order valence-corrected chi connectivity index (χ0v) is 8.76. The van der Waals surface area contributed by atoms with Crippen molar-refractivity contribution in [2.24, 2.45) is 5.84 Å². The van der Waals surface area contributed by atoms with Gasteiger partial charge in [-0.3, -0.25) is 14.8 Å². The first-order valence-corrected chi connectivity index (χ1v) is 4.49. The average Bonchev–Trinajstić information content (AvgIpc) is 2.35. The molecular formula is C9H8F3N3O3. The molecule has 98 valence electrons. The molecular weight excluding hydrogens is 255 g/mol. The summed E-state index contributed by atoms with van der Waals surface area (Å²) in [7, 11) is 0. The Labute approximate surface area is 98.9 Å². The summed E-state index contributed by atoms with van der Waals surface area (Å²) in [6.45, 7) is 0. The molecule has 0 aromatic heterocycles. The lowest BCUT2D eigenvalue weighted by molar-refractivity contribution is -0.193. The maximum Gasteiger partial charge on any atom is 0.460 e. The van der Waals surface area contributed by atoms with Crippen molar-refractivity contribution in [1.29, 1.82) is 0 Å². The number of anilines is 1. The number of benzene rings is 1. The van der Waals surface area contributed by atoms with E-state index in [1.807, 2.05) is 0 Å². The number of amides is 1. The van der Waals surface area contributed by atoms with E-state index >= 15 is 0 Å². The van der Waals surface area contributed by atoms with Gasteiger partial charge in [-0.1, -0.05) is 18.2 Å². The Hall–Kier alpha value is -2.13. The van der Waals surface area contributed by atoms with Crippen molar-refractivity contribution in [1.82, 2.24) is 5.17 Å². The molecule has 0 radical (unpaired) electrons. The van der Waals surface area contributed by atoms with Crippen LogP contribution in [0.15, 0.2) is 30.3 Å². The van der Waals surface area contributed by atoms with Gasteiger partial charge in [0.25, 0.3) is 0 Å². The smallest absolute Gasteiger partial charge is 0.278 e. The third kappa shape index (κ3) is 2.96. The van der Waals surface area contributed by atoms with Crippen molar-refractivity contribution in [3.8, 4) is 0 Å². The fraction of sp³-hybridized carbons (Fsp3) is 0.111. The Balaban J connectivity index is 2.85. The van der Waals surface area contributed by atoms with E-state index in [1.54, 1.807) is 6.07 Å². The van der Waals surface area contributed by atoms with Crippen LogP contribution in [0.3, 0.4) is 0 Å². The van der Waals surface area contributed by atoms with E-state index in [1.165, 1.54) is 24.3 Å². The average molecular weight is 263 g/mol. The van der Waals surface area contributed by atoms with Crippen LogP contribution in [0.4, 0.5) is 18.9 Å². The number of alkyl halides is 3. The number of carbonyl (C=O) groups is 2. The van der Waals surface area contributed by atoms with Crippen LogP contribution in [0.1, 0.15) is 0 Å². The van der Waals surface area contributed by atoms with Gasteiger partial charge in [-0.25, -0.2) is 5.84 Å². The molecule has 9 heteroatoms. The number of hydrazine groups is 2. The fourth-order valence-electron chi connectivity index (χ4n) is 1.00. The highest BCUT2D eigenvalue weighted by molar-refractivity contribution is 6.38. The molecule has 18 heavy (non-hydrogen) atoms. The first kappa shape index (κ1) is 13.9. The summed E-state index contributed by atoms with van der Waals surface area (Å²) >= 11 is 0. The maximum atomic E-state index is 12.0. The van der Waals surface area contributed by atoms with Crippen molar-refractivity contribution in [3.05, 3.63) is 30.3 Å². The second-order valence-corrected chi connectivity index (χ2v) is 3.10. The summed E-state index contributed by atoms with van der Waals surface area (Å²) < 4.78 is 35.9. The predicted octanol–water partition coefficient (Wildman–Crippen LogP) is 0.631. The van der Waals surface area contributed by atoms with Gasteiger partial charge >= 0.3 is 17.9 Å². The van der Waals surface area contributed by atoms with E-state index in [0.29, 0.717) is 0 Å². The van der Waals surface area contributed by atoms with E-state index in [0.717, 1.165) is 0 Å². The number of rotatable bonds is 3. The lowest BCUT2D eigenvalue weighted by Crippen LogP contribution is -2.53. The topological polar surface area (TPSA) is 86.9 Å². The van der Waals surface area contributed by atoms with Crippen LogP contribution < -0.4 is 11.0 Å². The lowest BCUT2D eigenvalue weighted by atomic mass is 10.3. The quantitative estimate of drug-likeness (QED) is 0.361. The Morgan fingerprint density at radius 2 is 1.67 bits per heavy atom. The minimum Gasteiger partial charge on any atom is -0.278 e. The molecule has 1 aromatic rings. The molecule has 1 amide bonds. The van der Waals surface area contributed by atoms with Gasteiger partial charge < -0.3 is 0 Å². The van der Waals surface area contributed by atoms with E-state index in [9.17, 15) is 22.8 Å². The van der Waals surface area contributed by atoms with Crippen molar-refractivity contribution in [2.45, 2.75) is 6.18 Å². The molecule has 0 unspecified atom stereocenters. The molecule has 0 saturated heterocycles. The molecule has 0 heterocycles. The molecule has 6 nitrogen and oxygen atoms in total. The largest absolute Gasteiger partial charge is 0.460 e. The van der Waals surface area contributed by atoms with Crippen LogP contribution in [0.2, 0.25) is 0 Å². The van der Waals surface area contributed by atoms with Crippen molar-refractivity contribution in [3.63, 3.8) is 0 Å². The molecule has 0 aliphatic carbocycles. The van der Waals surface area contributed by atoms with Gasteiger partial charge in [0.05, 0.1) is 5.69 Å².